The molecule has 0 aliphatic heterocycles. The molecule has 0 amide bonds. The number of nitrogens with zero attached hydrogens (tertiary/aromatic N) is 3. The summed E-state index contributed by atoms with van der Waals surface area (Å²) in [6.07, 6.45) is 2.32. The Hall–Kier alpha value is -1.42. The normalized spacial score (nSPS) is 10.5. The van der Waals surface area contributed by atoms with Crippen LogP contribution >= 0.6 is 11.6 Å². The zero-order chi connectivity index (χ0) is 10.7. The molecule has 2 heterocycles. The van der Waals surface area contributed by atoms with E-state index in [2.05, 4.69) is 15.2 Å². The quantitative estimate of drug-likeness (QED) is 0.749. The van der Waals surface area contributed by atoms with Crippen LogP contribution < -0.4 is 0 Å². The molecule has 0 aliphatic rings. The summed E-state index contributed by atoms with van der Waals surface area (Å²) in [6, 6.07) is 3.74. The van der Waals surface area contributed by atoms with E-state index >= 15 is 0 Å². The first-order chi connectivity index (χ1) is 7.31. The van der Waals surface area contributed by atoms with E-state index in [1.54, 1.807) is 6.20 Å². The zero-order valence-electron chi connectivity index (χ0n) is 8.27. The Labute approximate surface area is 92.3 Å². The van der Waals surface area contributed by atoms with Crippen molar-refractivity contribution >= 4 is 11.6 Å². The number of aromatic nitrogens is 3. The highest BCUT2D eigenvalue weighted by molar-refractivity contribution is 6.17. The van der Waals surface area contributed by atoms with Gasteiger partial charge in [-0.25, -0.2) is 0 Å². The SMILES string of the molecule is Cc1ncccc1-c1nnc(CCCl)o1. The molecule has 0 saturated heterocycles. The second-order valence-corrected chi connectivity index (χ2v) is 3.45. The van der Waals surface area contributed by atoms with Crippen molar-refractivity contribution in [2.24, 2.45) is 0 Å². The maximum absolute atomic E-state index is 5.58. The molecular formula is C10H10ClN3O. The summed E-state index contributed by atoms with van der Waals surface area (Å²) in [5.74, 6) is 1.54. The van der Waals surface area contributed by atoms with Crippen LogP contribution in [0.4, 0.5) is 0 Å². The van der Waals surface area contributed by atoms with Gasteiger partial charge in [0.05, 0.1) is 5.56 Å². The first kappa shape index (κ1) is 10.1. The molecule has 0 unspecified atom stereocenters. The lowest BCUT2D eigenvalue weighted by Gasteiger charge is -1.97. The molecule has 0 bridgehead atoms. The number of hydrogen-bond donors (Lipinski definition) is 0. The van der Waals surface area contributed by atoms with Gasteiger partial charge >= 0.3 is 0 Å². The third-order valence-corrected chi connectivity index (χ3v) is 2.20. The van der Waals surface area contributed by atoms with Crippen LogP contribution in [0, 0.1) is 6.92 Å². The molecule has 0 aromatic carbocycles. The second-order valence-electron chi connectivity index (χ2n) is 3.08. The van der Waals surface area contributed by atoms with Gasteiger partial charge in [-0.3, -0.25) is 4.98 Å². The molecule has 78 valence electrons. The van der Waals surface area contributed by atoms with Crippen molar-refractivity contribution in [3.8, 4) is 11.5 Å². The molecule has 4 nitrogen and oxygen atoms in total. The summed E-state index contributed by atoms with van der Waals surface area (Å²) in [5, 5.41) is 7.85. The van der Waals surface area contributed by atoms with E-state index in [0.717, 1.165) is 11.3 Å². The third kappa shape index (κ3) is 2.15. The molecule has 2 aromatic rings. The standard InChI is InChI=1S/C10H10ClN3O/c1-7-8(3-2-6-12-7)10-14-13-9(15-10)4-5-11/h2-3,6H,4-5H2,1H3. The highest BCUT2D eigenvalue weighted by Crippen LogP contribution is 2.19. The van der Waals surface area contributed by atoms with E-state index in [1.165, 1.54) is 0 Å². The van der Waals surface area contributed by atoms with Gasteiger partial charge in [0, 0.05) is 24.2 Å². The molecule has 0 saturated carbocycles. The summed E-state index contributed by atoms with van der Waals surface area (Å²) in [4.78, 5) is 4.16. The summed E-state index contributed by atoms with van der Waals surface area (Å²) in [5.41, 5.74) is 1.74. The number of rotatable bonds is 3. The number of alkyl halides is 1. The lowest BCUT2D eigenvalue weighted by molar-refractivity contribution is 0.513. The molecule has 0 atom stereocenters. The fourth-order valence-corrected chi connectivity index (χ4v) is 1.42. The average Bonchev–Trinajstić information content (AvgIpc) is 2.68. The molecule has 0 spiro atoms. The molecular weight excluding hydrogens is 214 g/mol. The number of pyridine rings is 1. The second kappa shape index (κ2) is 4.40. The number of aryl methyl sites for hydroxylation is 2. The van der Waals surface area contributed by atoms with Gasteiger partial charge in [0.2, 0.25) is 11.8 Å². The monoisotopic (exact) mass is 223 g/mol. The smallest absolute Gasteiger partial charge is 0.249 e. The van der Waals surface area contributed by atoms with Crippen LogP contribution in [0.25, 0.3) is 11.5 Å². The van der Waals surface area contributed by atoms with Crippen LogP contribution in [-0.4, -0.2) is 21.1 Å². The first-order valence-electron chi connectivity index (χ1n) is 4.61. The van der Waals surface area contributed by atoms with Crippen LogP contribution in [-0.2, 0) is 6.42 Å². The minimum Gasteiger partial charge on any atom is -0.421 e. The summed E-state index contributed by atoms with van der Waals surface area (Å²) in [7, 11) is 0. The van der Waals surface area contributed by atoms with Gasteiger partial charge in [-0.1, -0.05) is 0 Å². The fourth-order valence-electron chi connectivity index (χ4n) is 1.25. The Bertz CT molecular complexity index is 455. The van der Waals surface area contributed by atoms with Crippen molar-refractivity contribution in [3.05, 3.63) is 29.9 Å². The van der Waals surface area contributed by atoms with Gasteiger partial charge in [0.25, 0.3) is 0 Å². The average molecular weight is 224 g/mol. The van der Waals surface area contributed by atoms with Crippen LogP contribution in [0.1, 0.15) is 11.6 Å². The Morgan fingerprint density at radius 1 is 1.40 bits per heavy atom. The van der Waals surface area contributed by atoms with Crippen molar-refractivity contribution in [1.82, 2.24) is 15.2 Å². The number of hydrogen-bond acceptors (Lipinski definition) is 4. The van der Waals surface area contributed by atoms with E-state index in [0.29, 0.717) is 24.1 Å². The highest BCUT2D eigenvalue weighted by Gasteiger charge is 2.10. The molecule has 0 aliphatic carbocycles. The molecule has 5 heteroatoms. The Morgan fingerprint density at radius 2 is 2.27 bits per heavy atom. The molecule has 0 fully saturated rings. The van der Waals surface area contributed by atoms with Crippen molar-refractivity contribution in [1.29, 1.82) is 0 Å². The van der Waals surface area contributed by atoms with Gasteiger partial charge in [-0.15, -0.1) is 21.8 Å². The van der Waals surface area contributed by atoms with Crippen molar-refractivity contribution in [2.45, 2.75) is 13.3 Å². The third-order valence-electron chi connectivity index (χ3n) is 2.01. The van der Waals surface area contributed by atoms with Crippen molar-refractivity contribution in [3.63, 3.8) is 0 Å². The van der Waals surface area contributed by atoms with Crippen LogP contribution in [0.5, 0.6) is 0 Å². The number of halogens is 1. The van der Waals surface area contributed by atoms with Crippen LogP contribution in [0.2, 0.25) is 0 Å². The summed E-state index contributed by atoms with van der Waals surface area (Å²) in [6.45, 7) is 1.90. The van der Waals surface area contributed by atoms with Crippen molar-refractivity contribution in [2.75, 3.05) is 5.88 Å². The highest BCUT2D eigenvalue weighted by atomic mass is 35.5. The topological polar surface area (TPSA) is 51.8 Å². The Morgan fingerprint density at radius 3 is 3.00 bits per heavy atom. The van der Waals surface area contributed by atoms with E-state index in [-0.39, 0.29) is 0 Å². The van der Waals surface area contributed by atoms with Gasteiger partial charge in [0.15, 0.2) is 0 Å². The van der Waals surface area contributed by atoms with Crippen LogP contribution in [0.15, 0.2) is 22.7 Å². The predicted octanol–water partition coefficient (Wildman–Crippen LogP) is 2.22. The van der Waals surface area contributed by atoms with Gasteiger partial charge in [-0.05, 0) is 19.1 Å². The van der Waals surface area contributed by atoms with E-state index < -0.39 is 0 Å². The zero-order valence-corrected chi connectivity index (χ0v) is 9.03. The molecule has 2 rings (SSSR count). The largest absolute Gasteiger partial charge is 0.421 e. The maximum atomic E-state index is 5.58. The fraction of sp³-hybridized carbons (Fsp3) is 0.300. The molecule has 0 radical (unpaired) electrons. The minimum absolute atomic E-state index is 0.480. The Balaban J connectivity index is 2.33. The van der Waals surface area contributed by atoms with E-state index in [9.17, 15) is 0 Å². The predicted molar refractivity (Wildman–Crippen MR) is 56.7 cm³/mol. The summed E-state index contributed by atoms with van der Waals surface area (Å²) < 4.78 is 5.44. The molecule has 0 N–H and O–H groups in total. The van der Waals surface area contributed by atoms with Gasteiger partial charge < -0.3 is 4.42 Å². The molecule has 15 heavy (non-hydrogen) atoms. The van der Waals surface area contributed by atoms with Crippen molar-refractivity contribution < 1.29 is 4.42 Å². The van der Waals surface area contributed by atoms with Crippen LogP contribution in [0.3, 0.4) is 0 Å². The van der Waals surface area contributed by atoms with Gasteiger partial charge in [-0.2, -0.15) is 0 Å². The first-order valence-corrected chi connectivity index (χ1v) is 5.15. The lowest BCUT2D eigenvalue weighted by atomic mass is 10.2. The maximum Gasteiger partial charge on any atom is 0.249 e. The van der Waals surface area contributed by atoms with E-state index in [1.807, 2.05) is 19.1 Å². The lowest BCUT2D eigenvalue weighted by Crippen LogP contribution is -1.86. The van der Waals surface area contributed by atoms with E-state index in [4.69, 9.17) is 16.0 Å². The van der Waals surface area contributed by atoms with Gasteiger partial charge in [0.1, 0.15) is 0 Å². The minimum atomic E-state index is 0.480. The summed E-state index contributed by atoms with van der Waals surface area (Å²) >= 11 is 5.58. The Kier molecular flexibility index (Phi) is 2.97. The molecule has 2 aromatic heterocycles.